The van der Waals surface area contributed by atoms with E-state index in [2.05, 4.69) is 0 Å². The highest BCUT2D eigenvalue weighted by Gasteiger charge is 2.26. The molecule has 3 nitrogen and oxygen atoms in total. The van der Waals surface area contributed by atoms with E-state index in [0.717, 1.165) is 12.5 Å². The molecule has 0 saturated carbocycles. The Balaban J connectivity index is 2.14. The van der Waals surface area contributed by atoms with E-state index in [1.165, 1.54) is 11.0 Å². The highest BCUT2D eigenvalue weighted by Crippen LogP contribution is 2.27. The molecule has 0 spiro atoms. The van der Waals surface area contributed by atoms with Crippen molar-refractivity contribution in [2.75, 3.05) is 13.1 Å². The molecule has 2 rings (SSSR count). The van der Waals surface area contributed by atoms with Gasteiger partial charge in [0.1, 0.15) is 0 Å². The molecule has 1 aliphatic rings. The van der Waals surface area contributed by atoms with Crippen molar-refractivity contribution < 1.29 is 13.6 Å². The van der Waals surface area contributed by atoms with Gasteiger partial charge in [0.05, 0.1) is 0 Å². The summed E-state index contributed by atoms with van der Waals surface area (Å²) in [4.78, 5) is 12.4. The molecule has 5 heteroatoms. The maximum absolute atomic E-state index is 13.0. The summed E-state index contributed by atoms with van der Waals surface area (Å²) in [5.74, 6) is -1.66. The number of carbonyl (C=O) groups excluding carboxylic acids is 1. The topological polar surface area (TPSA) is 46.3 Å². The third-order valence-electron chi connectivity index (χ3n) is 2.91. The van der Waals surface area contributed by atoms with E-state index in [9.17, 15) is 13.6 Å². The number of benzene rings is 1. The number of nitrogens with zero attached hydrogens (tertiary/aromatic N) is 1. The van der Waals surface area contributed by atoms with Gasteiger partial charge in [-0.25, -0.2) is 13.6 Å². The summed E-state index contributed by atoms with van der Waals surface area (Å²) in [6.45, 7) is 1.04. The Morgan fingerprint density at radius 1 is 1.38 bits per heavy atom. The summed E-state index contributed by atoms with van der Waals surface area (Å²) < 4.78 is 25.7. The molecule has 1 heterocycles. The SMILES string of the molecule is NC(=O)N1CCC(c2ccc(F)c(F)c2)C1. The molecule has 16 heavy (non-hydrogen) atoms. The van der Waals surface area contributed by atoms with E-state index in [1.807, 2.05) is 0 Å². The lowest BCUT2D eigenvalue weighted by Crippen LogP contribution is -2.33. The largest absolute Gasteiger partial charge is 0.351 e. The normalized spacial score (nSPS) is 20.1. The minimum Gasteiger partial charge on any atom is -0.351 e. The van der Waals surface area contributed by atoms with Crippen LogP contribution in [0.2, 0.25) is 0 Å². The fourth-order valence-electron chi connectivity index (χ4n) is 2.00. The van der Waals surface area contributed by atoms with Gasteiger partial charge in [-0.15, -0.1) is 0 Å². The van der Waals surface area contributed by atoms with Gasteiger partial charge >= 0.3 is 6.03 Å². The molecule has 0 aliphatic carbocycles. The van der Waals surface area contributed by atoms with Gasteiger partial charge in [0.15, 0.2) is 11.6 Å². The molecule has 0 aromatic heterocycles. The number of amides is 2. The van der Waals surface area contributed by atoms with Crippen LogP contribution in [0.3, 0.4) is 0 Å². The van der Waals surface area contributed by atoms with Crippen LogP contribution in [0.25, 0.3) is 0 Å². The van der Waals surface area contributed by atoms with Crippen molar-refractivity contribution in [1.82, 2.24) is 4.90 Å². The molecule has 86 valence electrons. The van der Waals surface area contributed by atoms with Crippen molar-refractivity contribution in [2.45, 2.75) is 12.3 Å². The van der Waals surface area contributed by atoms with E-state index < -0.39 is 17.7 Å². The van der Waals surface area contributed by atoms with Crippen molar-refractivity contribution in [1.29, 1.82) is 0 Å². The Kier molecular flexibility index (Phi) is 2.77. The first-order chi connectivity index (χ1) is 7.58. The second-order valence-corrected chi connectivity index (χ2v) is 3.94. The molecule has 1 saturated heterocycles. The van der Waals surface area contributed by atoms with Gasteiger partial charge in [-0.05, 0) is 24.1 Å². The summed E-state index contributed by atoms with van der Waals surface area (Å²) in [7, 11) is 0. The Bertz CT molecular complexity index is 422. The van der Waals surface area contributed by atoms with Gasteiger partial charge in [-0.2, -0.15) is 0 Å². The van der Waals surface area contributed by atoms with Crippen LogP contribution < -0.4 is 5.73 Å². The average molecular weight is 226 g/mol. The zero-order valence-corrected chi connectivity index (χ0v) is 8.62. The monoisotopic (exact) mass is 226 g/mol. The molecule has 2 N–H and O–H groups in total. The van der Waals surface area contributed by atoms with Gasteiger partial charge in [0.2, 0.25) is 0 Å². The van der Waals surface area contributed by atoms with Gasteiger partial charge in [-0.1, -0.05) is 6.07 Å². The van der Waals surface area contributed by atoms with Crippen LogP contribution in [-0.4, -0.2) is 24.0 Å². The lowest BCUT2D eigenvalue weighted by molar-refractivity contribution is 0.218. The number of likely N-dealkylation sites (tertiary alicyclic amines) is 1. The number of nitrogens with two attached hydrogens (primary N) is 1. The van der Waals surface area contributed by atoms with E-state index in [1.54, 1.807) is 6.07 Å². The van der Waals surface area contributed by atoms with Gasteiger partial charge in [-0.3, -0.25) is 0 Å². The first-order valence-electron chi connectivity index (χ1n) is 5.07. The second kappa shape index (κ2) is 4.08. The number of urea groups is 1. The quantitative estimate of drug-likeness (QED) is 0.780. The predicted octanol–water partition coefficient (Wildman–Crippen LogP) is 1.83. The molecule has 0 radical (unpaired) electrons. The van der Waals surface area contributed by atoms with Crippen molar-refractivity contribution in [3.63, 3.8) is 0 Å². The standard InChI is InChI=1S/C11H12F2N2O/c12-9-2-1-7(5-10(9)13)8-3-4-15(6-8)11(14)16/h1-2,5,8H,3-4,6H2,(H2,14,16). The molecule has 1 aliphatic heterocycles. The number of rotatable bonds is 1. The Hall–Kier alpha value is -1.65. The van der Waals surface area contributed by atoms with Crippen LogP contribution in [0.1, 0.15) is 17.9 Å². The van der Waals surface area contributed by atoms with Gasteiger partial charge < -0.3 is 10.6 Å². The molecule has 1 atom stereocenters. The van der Waals surface area contributed by atoms with Crippen molar-refractivity contribution in [2.24, 2.45) is 5.73 Å². The summed E-state index contributed by atoms with van der Waals surface area (Å²) in [5.41, 5.74) is 5.86. The molecular weight excluding hydrogens is 214 g/mol. The lowest BCUT2D eigenvalue weighted by Gasteiger charge is -2.13. The minimum absolute atomic E-state index is 0.0441. The highest BCUT2D eigenvalue weighted by atomic mass is 19.2. The fourth-order valence-corrected chi connectivity index (χ4v) is 2.00. The maximum Gasteiger partial charge on any atom is 0.314 e. The molecule has 1 aromatic carbocycles. The molecule has 1 aromatic rings. The van der Waals surface area contributed by atoms with Crippen LogP contribution in [0, 0.1) is 11.6 Å². The van der Waals surface area contributed by atoms with Crippen LogP contribution >= 0.6 is 0 Å². The summed E-state index contributed by atoms with van der Waals surface area (Å²) in [6.07, 6.45) is 0.730. The average Bonchev–Trinajstić information content (AvgIpc) is 2.71. The number of hydrogen-bond acceptors (Lipinski definition) is 1. The second-order valence-electron chi connectivity index (χ2n) is 3.94. The molecule has 2 amide bonds. The van der Waals surface area contributed by atoms with Crippen molar-refractivity contribution in [3.05, 3.63) is 35.4 Å². The summed E-state index contributed by atoms with van der Waals surface area (Å²) in [6, 6.07) is 3.38. The fraction of sp³-hybridized carbons (Fsp3) is 0.364. The number of hydrogen-bond donors (Lipinski definition) is 1. The number of carbonyl (C=O) groups is 1. The first kappa shape index (κ1) is 10.9. The van der Waals surface area contributed by atoms with Crippen LogP contribution in [0.5, 0.6) is 0 Å². The smallest absolute Gasteiger partial charge is 0.314 e. The Morgan fingerprint density at radius 2 is 2.12 bits per heavy atom. The minimum atomic E-state index is -0.853. The molecular formula is C11H12F2N2O. The third-order valence-corrected chi connectivity index (χ3v) is 2.91. The van der Waals surface area contributed by atoms with Crippen molar-refractivity contribution >= 4 is 6.03 Å². The third kappa shape index (κ3) is 1.98. The summed E-state index contributed by atoms with van der Waals surface area (Å²) in [5, 5.41) is 0. The van der Waals surface area contributed by atoms with Gasteiger partial charge in [0.25, 0.3) is 0 Å². The Labute approximate surface area is 91.8 Å². The zero-order valence-electron chi connectivity index (χ0n) is 8.62. The van der Waals surface area contributed by atoms with Gasteiger partial charge in [0, 0.05) is 19.0 Å². The first-order valence-corrected chi connectivity index (χ1v) is 5.07. The number of halogens is 2. The van der Waals surface area contributed by atoms with Crippen LogP contribution in [0.4, 0.5) is 13.6 Å². The number of primary amides is 1. The van der Waals surface area contributed by atoms with Crippen molar-refractivity contribution in [3.8, 4) is 0 Å². The zero-order chi connectivity index (χ0) is 11.7. The van der Waals surface area contributed by atoms with E-state index >= 15 is 0 Å². The molecule has 1 fully saturated rings. The predicted molar refractivity (Wildman–Crippen MR) is 54.9 cm³/mol. The van der Waals surface area contributed by atoms with E-state index in [-0.39, 0.29) is 5.92 Å². The molecule has 1 unspecified atom stereocenters. The van der Waals surface area contributed by atoms with E-state index in [0.29, 0.717) is 18.7 Å². The molecule has 0 bridgehead atoms. The highest BCUT2D eigenvalue weighted by molar-refractivity contribution is 5.72. The Morgan fingerprint density at radius 3 is 2.69 bits per heavy atom. The van der Waals surface area contributed by atoms with Crippen LogP contribution in [-0.2, 0) is 0 Å². The summed E-state index contributed by atoms with van der Waals surface area (Å²) >= 11 is 0. The van der Waals surface area contributed by atoms with Crippen LogP contribution in [0.15, 0.2) is 18.2 Å². The maximum atomic E-state index is 13.0. The lowest BCUT2D eigenvalue weighted by atomic mass is 9.98. The van der Waals surface area contributed by atoms with E-state index in [4.69, 9.17) is 5.73 Å².